The van der Waals surface area contributed by atoms with E-state index in [1.165, 1.54) is 4.90 Å². The van der Waals surface area contributed by atoms with Gasteiger partial charge in [-0.2, -0.15) is 0 Å². The summed E-state index contributed by atoms with van der Waals surface area (Å²) in [6.07, 6.45) is -5.12. The highest BCUT2D eigenvalue weighted by Gasteiger charge is 2.31. The van der Waals surface area contributed by atoms with Crippen molar-refractivity contribution in [2.75, 3.05) is 13.2 Å². The second kappa shape index (κ2) is 12.3. The maximum absolute atomic E-state index is 13.8. The molecule has 3 aromatic carbocycles. The van der Waals surface area contributed by atoms with Crippen molar-refractivity contribution in [3.05, 3.63) is 95.6 Å². The molecule has 0 aromatic heterocycles. The molecular formula is C29H28F2N2O5. The first-order valence-electron chi connectivity index (χ1n) is 12.3. The summed E-state index contributed by atoms with van der Waals surface area (Å²) in [7, 11) is 0. The first-order valence-corrected chi connectivity index (χ1v) is 12.3. The number of nitrogens with zero attached hydrogens (tertiary/aromatic N) is 1. The van der Waals surface area contributed by atoms with E-state index in [4.69, 9.17) is 9.84 Å². The van der Waals surface area contributed by atoms with E-state index in [-0.39, 0.29) is 32.0 Å². The molecule has 0 bridgehead atoms. The fourth-order valence-corrected chi connectivity index (χ4v) is 4.64. The summed E-state index contributed by atoms with van der Waals surface area (Å²) in [5, 5.41) is 11.2. The molecule has 0 saturated carbocycles. The monoisotopic (exact) mass is 522 g/mol. The molecule has 0 radical (unpaired) electrons. The van der Waals surface area contributed by atoms with Gasteiger partial charge in [0.05, 0.1) is 12.8 Å². The maximum Gasteiger partial charge on any atom is 0.407 e. The molecule has 0 saturated heterocycles. The maximum atomic E-state index is 13.8. The molecule has 1 aliphatic carbocycles. The van der Waals surface area contributed by atoms with Crippen LogP contribution in [0.1, 0.15) is 35.4 Å². The van der Waals surface area contributed by atoms with Gasteiger partial charge in [-0.3, -0.25) is 9.59 Å². The molecule has 1 unspecified atom stereocenters. The first-order chi connectivity index (χ1) is 18.3. The summed E-state index contributed by atoms with van der Waals surface area (Å²) >= 11 is 0. The number of carbonyl (C=O) groups excluding carboxylic acids is 2. The minimum atomic E-state index is -3.03. The van der Waals surface area contributed by atoms with Crippen LogP contribution in [0, 0.1) is 0 Å². The van der Waals surface area contributed by atoms with E-state index in [1.807, 2.05) is 48.5 Å². The molecule has 3 aromatic rings. The first kappa shape index (κ1) is 26.8. The third-order valence-electron chi connectivity index (χ3n) is 6.51. The Bertz CT molecular complexity index is 1240. The predicted octanol–water partition coefficient (Wildman–Crippen LogP) is 5.05. The summed E-state index contributed by atoms with van der Waals surface area (Å²) in [5.41, 5.74) is 4.76. The van der Waals surface area contributed by atoms with Crippen molar-refractivity contribution in [3.63, 3.8) is 0 Å². The Labute approximate surface area is 219 Å². The fourth-order valence-electron chi connectivity index (χ4n) is 4.64. The zero-order valence-electron chi connectivity index (χ0n) is 20.6. The Morgan fingerprint density at radius 3 is 2.05 bits per heavy atom. The van der Waals surface area contributed by atoms with Gasteiger partial charge in [-0.15, -0.1) is 0 Å². The van der Waals surface area contributed by atoms with Gasteiger partial charge in [-0.1, -0.05) is 78.9 Å². The standard InChI is InChI=1S/C29H28F2N2O5/c30-28(31)25(16-26(34)33(15-14-27(35)36)17-19-8-2-1-3-9-19)32-29(37)38-18-24-22-12-6-4-10-20(22)21-11-5-7-13-23(21)24/h1-13,24-25,28H,14-18H2,(H,32,37)(H,35,36). The molecule has 4 rings (SSSR count). The number of carbonyl (C=O) groups is 3. The van der Waals surface area contributed by atoms with E-state index < -0.39 is 36.9 Å². The number of ether oxygens (including phenoxy) is 1. The number of carboxylic acid groups (broad SMARTS) is 1. The summed E-state index contributed by atoms with van der Waals surface area (Å²) < 4.78 is 33.0. The third kappa shape index (κ3) is 6.53. The van der Waals surface area contributed by atoms with Crippen molar-refractivity contribution in [1.82, 2.24) is 10.2 Å². The third-order valence-corrected chi connectivity index (χ3v) is 6.51. The van der Waals surface area contributed by atoms with Gasteiger partial charge in [0, 0.05) is 19.0 Å². The Morgan fingerprint density at radius 1 is 0.895 bits per heavy atom. The lowest BCUT2D eigenvalue weighted by Crippen LogP contribution is -2.45. The zero-order chi connectivity index (χ0) is 27.1. The van der Waals surface area contributed by atoms with Crippen LogP contribution in [0.5, 0.6) is 0 Å². The molecule has 0 fully saturated rings. The number of hydrogen-bond donors (Lipinski definition) is 2. The number of rotatable bonds is 11. The fraction of sp³-hybridized carbons (Fsp3) is 0.276. The van der Waals surface area contributed by atoms with Gasteiger partial charge >= 0.3 is 12.1 Å². The van der Waals surface area contributed by atoms with Gasteiger partial charge in [0.1, 0.15) is 12.6 Å². The topological polar surface area (TPSA) is 95.9 Å². The summed E-state index contributed by atoms with van der Waals surface area (Å²) in [5.74, 6) is -2.05. The largest absolute Gasteiger partial charge is 0.481 e. The number of aliphatic carboxylic acids is 1. The number of alkyl carbamates (subject to hydrolysis) is 1. The quantitative estimate of drug-likeness (QED) is 0.367. The molecule has 0 heterocycles. The number of hydrogen-bond acceptors (Lipinski definition) is 4. The second-order valence-corrected chi connectivity index (χ2v) is 9.06. The summed E-state index contributed by atoms with van der Waals surface area (Å²) in [4.78, 5) is 37.7. The van der Waals surface area contributed by atoms with Crippen molar-refractivity contribution in [1.29, 1.82) is 0 Å². The number of carboxylic acids is 1. The second-order valence-electron chi connectivity index (χ2n) is 9.06. The van der Waals surface area contributed by atoms with E-state index in [2.05, 4.69) is 5.32 Å². The van der Waals surface area contributed by atoms with Crippen LogP contribution in [0.25, 0.3) is 11.1 Å². The van der Waals surface area contributed by atoms with Crippen LogP contribution >= 0.6 is 0 Å². The van der Waals surface area contributed by atoms with E-state index in [0.29, 0.717) is 0 Å². The highest BCUT2D eigenvalue weighted by atomic mass is 19.3. The predicted molar refractivity (Wildman–Crippen MR) is 137 cm³/mol. The Morgan fingerprint density at radius 2 is 1.47 bits per heavy atom. The van der Waals surface area contributed by atoms with Crippen LogP contribution in [0.4, 0.5) is 13.6 Å². The molecule has 7 nitrogen and oxygen atoms in total. The van der Waals surface area contributed by atoms with Gasteiger partial charge in [0.15, 0.2) is 0 Å². The number of alkyl halides is 2. The average molecular weight is 523 g/mol. The van der Waals surface area contributed by atoms with Crippen LogP contribution in [-0.4, -0.2) is 53.6 Å². The molecule has 38 heavy (non-hydrogen) atoms. The lowest BCUT2D eigenvalue weighted by Gasteiger charge is -2.25. The SMILES string of the molecule is O=C(O)CCN(Cc1ccccc1)C(=O)CC(NC(=O)OCC1c2ccccc2-c2ccccc21)C(F)F. The number of fused-ring (bicyclic) bond motifs is 3. The van der Waals surface area contributed by atoms with Gasteiger partial charge in [-0.05, 0) is 27.8 Å². The Balaban J connectivity index is 1.39. The Hall–Kier alpha value is -4.27. The van der Waals surface area contributed by atoms with Crippen molar-refractivity contribution in [2.24, 2.45) is 0 Å². The van der Waals surface area contributed by atoms with Crippen molar-refractivity contribution in [3.8, 4) is 11.1 Å². The number of halogens is 2. The van der Waals surface area contributed by atoms with Crippen LogP contribution in [0.3, 0.4) is 0 Å². The van der Waals surface area contributed by atoms with Gasteiger partial charge in [0.2, 0.25) is 5.91 Å². The zero-order valence-corrected chi connectivity index (χ0v) is 20.6. The number of nitrogens with one attached hydrogen (secondary N) is 1. The molecule has 9 heteroatoms. The van der Waals surface area contributed by atoms with Gasteiger partial charge in [0.25, 0.3) is 6.43 Å². The van der Waals surface area contributed by atoms with E-state index in [9.17, 15) is 23.2 Å². The molecular weight excluding hydrogens is 494 g/mol. The highest BCUT2D eigenvalue weighted by molar-refractivity contribution is 5.80. The van der Waals surface area contributed by atoms with Crippen molar-refractivity contribution >= 4 is 18.0 Å². The van der Waals surface area contributed by atoms with Crippen molar-refractivity contribution < 1.29 is 33.0 Å². The minimum absolute atomic E-state index is 0.0531. The van der Waals surface area contributed by atoms with Gasteiger partial charge in [-0.25, -0.2) is 13.6 Å². The normalized spacial score (nSPS) is 12.9. The number of amides is 2. The molecule has 2 amide bonds. The highest BCUT2D eigenvalue weighted by Crippen LogP contribution is 2.44. The molecule has 0 spiro atoms. The smallest absolute Gasteiger partial charge is 0.407 e. The van der Waals surface area contributed by atoms with Crippen LogP contribution < -0.4 is 5.32 Å². The van der Waals surface area contributed by atoms with Gasteiger partial charge < -0.3 is 20.1 Å². The van der Waals surface area contributed by atoms with Crippen LogP contribution in [0.2, 0.25) is 0 Å². The van der Waals surface area contributed by atoms with E-state index in [0.717, 1.165) is 27.8 Å². The molecule has 2 N–H and O–H groups in total. The molecule has 1 atom stereocenters. The minimum Gasteiger partial charge on any atom is -0.481 e. The Kier molecular flexibility index (Phi) is 8.68. The van der Waals surface area contributed by atoms with E-state index >= 15 is 0 Å². The van der Waals surface area contributed by atoms with E-state index in [1.54, 1.807) is 30.3 Å². The average Bonchev–Trinajstić information content (AvgIpc) is 3.23. The number of benzene rings is 3. The summed E-state index contributed by atoms with van der Waals surface area (Å²) in [6, 6.07) is 22.5. The van der Waals surface area contributed by atoms with Crippen molar-refractivity contribution in [2.45, 2.75) is 37.8 Å². The molecule has 0 aliphatic heterocycles. The molecule has 1 aliphatic rings. The lowest BCUT2D eigenvalue weighted by atomic mass is 9.98. The van der Waals surface area contributed by atoms with Crippen LogP contribution in [0.15, 0.2) is 78.9 Å². The molecule has 198 valence electrons. The lowest BCUT2D eigenvalue weighted by molar-refractivity contribution is -0.139. The van der Waals surface area contributed by atoms with Crippen LogP contribution in [-0.2, 0) is 20.9 Å². The summed E-state index contributed by atoms with van der Waals surface area (Å²) in [6.45, 7) is -0.139.